The summed E-state index contributed by atoms with van der Waals surface area (Å²) < 4.78 is 27.5. The number of nitrogens with one attached hydrogen (secondary N) is 2. The van der Waals surface area contributed by atoms with Crippen LogP contribution in [0.5, 0.6) is 0 Å². The second-order valence-electron chi connectivity index (χ2n) is 9.52. The van der Waals surface area contributed by atoms with Crippen molar-refractivity contribution in [1.82, 2.24) is 4.90 Å². The van der Waals surface area contributed by atoms with Crippen LogP contribution in [0.15, 0.2) is 48.5 Å². The van der Waals surface area contributed by atoms with E-state index in [0.717, 1.165) is 31.9 Å². The van der Waals surface area contributed by atoms with Crippen LogP contribution in [0.4, 0.5) is 17.1 Å². The molecule has 1 amide bonds. The summed E-state index contributed by atoms with van der Waals surface area (Å²) in [5.41, 5.74) is 3.35. The molecule has 2 aromatic rings. The maximum absolute atomic E-state index is 12.5. The molecule has 8 heteroatoms. The van der Waals surface area contributed by atoms with Gasteiger partial charge in [-0.15, -0.1) is 0 Å². The molecular formula is C26H36N4O3S. The predicted molar refractivity (Wildman–Crippen MR) is 139 cm³/mol. The summed E-state index contributed by atoms with van der Waals surface area (Å²) in [5.74, 6) is -1.19. The Morgan fingerprint density at radius 1 is 0.882 bits per heavy atom. The van der Waals surface area contributed by atoms with E-state index in [1.807, 2.05) is 36.4 Å². The van der Waals surface area contributed by atoms with Crippen molar-refractivity contribution in [3.05, 3.63) is 54.1 Å². The van der Waals surface area contributed by atoms with Gasteiger partial charge in [-0.2, -0.15) is 0 Å². The van der Waals surface area contributed by atoms with E-state index in [0.29, 0.717) is 17.4 Å². The first-order chi connectivity index (χ1) is 16.4. The van der Waals surface area contributed by atoms with Crippen LogP contribution in [0.25, 0.3) is 0 Å². The topological polar surface area (TPSA) is 81.8 Å². The third-order valence-corrected chi connectivity index (χ3v) is 7.94. The first-order valence-corrected chi connectivity index (χ1v) is 14.0. The highest BCUT2D eigenvalue weighted by molar-refractivity contribution is 7.93. The zero-order valence-corrected chi connectivity index (χ0v) is 20.8. The van der Waals surface area contributed by atoms with Gasteiger partial charge in [0.1, 0.15) is 5.75 Å². The lowest BCUT2D eigenvalue weighted by atomic mass is 10.0. The van der Waals surface area contributed by atoms with Crippen molar-refractivity contribution in [2.24, 2.45) is 0 Å². The third kappa shape index (κ3) is 6.96. The van der Waals surface area contributed by atoms with Crippen molar-refractivity contribution in [3.63, 3.8) is 0 Å². The van der Waals surface area contributed by atoms with Crippen molar-refractivity contribution < 1.29 is 13.2 Å². The highest BCUT2D eigenvalue weighted by Gasteiger charge is 2.19. The third-order valence-electron chi connectivity index (χ3n) is 6.75. The largest absolute Gasteiger partial charge is 0.372 e. The van der Waals surface area contributed by atoms with Gasteiger partial charge in [0.25, 0.3) is 0 Å². The summed E-state index contributed by atoms with van der Waals surface area (Å²) in [6, 6.07) is 15.6. The van der Waals surface area contributed by atoms with Gasteiger partial charge >= 0.3 is 0 Å². The summed E-state index contributed by atoms with van der Waals surface area (Å²) in [6.07, 6.45) is 7.40. The first-order valence-electron chi connectivity index (χ1n) is 12.4. The number of likely N-dealkylation sites (tertiary alicyclic amines) is 1. The van der Waals surface area contributed by atoms with Gasteiger partial charge in [-0.25, -0.2) is 8.42 Å². The molecule has 2 fully saturated rings. The summed E-state index contributed by atoms with van der Waals surface area (Å²) >= 11 is 0. The van der Waals surface area contributed by atoms with Crippen LogP contribution in [0.1, 0.15) is 51.0 Å². The molecule has 0 spiro atoms. The van der Waals surface area contributed by atoms with E-state index in [-0.39, 0.29) is 0 Å². The number of hydrogen-bond donors (Lipinski definition) is 2. The number of anilines is 3. The molecule has 7 nitrogen and oxygen atoms in total. The van der Waals surface area contributed by atoms with Gasteiger partial charge in [-0.05, 0) is 87.5 Å². The van der Waals surface area contributed by atoms with Crippen molar-refractivity contribution in [3.8, 4) is 0 Å². The molecule has 184 valence electrons. The smallest absolute Gasteiger partial charge is 0.241 e. The number of carbonyl (C=O) groups excluding carboxylic acids is 1. The Morgan fingerprint density at radius 2 is 1.53 bits per heavy atom. The lowest BCUT2D eigenvalue weighted by Gasteiger charge is -2.33. The van der Waals surface area contributed by atoms with Crippen molar-refractivity contribution in [1.29, 1.82) is 0 Å². The molecule has 2 aromatic carbocycles. The lowest BCUT2D eigenvalue weighted by molar-refractivity contribution is -0.113. The van der Waals surface area contributed by atoms with Gasteiger partial charge in [0.15, 0.2) is 0 Å². The quantitative estimate of drug-likeness (QED) is 0.579. The van der Waals surface area contributed by atoms with E-state index in [1.54, 1.807) is 12.1 Å². The van der Waals surface area contributed by atoms with Gasteiger partial charge in [0.05, 0.1) is 0 Å². The number of sulfonamides is 1. The number of nitrogens with zero attached hydrogens (tertiary/aromatic N) is 2. The minimum Gasteiger partial charge on any atom is -0.372 e. The van der Waals surface area contributed by atoms with Crippen molar-refractivity contribution in [2.75, 3.05) is 40.3 Å². The summed E-state index contributed by atoms with van der Waals surface area (Å²) in [7, 11) is -3.81. The van der Waals surface area contributed by atoms with Crippen LogP contribution >= 0.6 is 0 Å². The number of carbonyl (C=O) groups is 1. The summed E-state index contributed by atoms with van der Waals surface area (Å²) in [6.45, 7) is 6.34. The lowest BCUT2D eigenvalue weighted by Crippen LogP contribution is -2.36. The van der Waals surface area contributed by atoms with E-state index in [9.17, 15) is 13.2 Å². The Hall–Kier alpha value is -2.58. The Labute approximate surface area is 203 Å². The molecule has 0 radical (unpaired) electrons. The molecule has 0 aromatic heterocycles. The molecule has 4 rings (SSSR count). The fourth-order valence-corrected chi connectivity index (χ4v) is 5.78. The number of amides is 1. The maximum Gasteiger partial charge on any atom is 0.241 e. The molecule has 0 saturated carbocycles. The number of hydrogen-bond acceptors (Lipinski definition) is 5. The molecule has 2 heterocycles. The van der Waals surface area contributed by atoms with Crippen LogP contribution in [0.3, 0.4) is 0 Å². The van der Waals surface area contributed by atoms with Crippen molar-refractivity contribution in [2.45, 2.75) is 58.0 Å². The van der Waals surface area contributed by atoms with Gasteiger partial charge < -0.3 is 10.2 Å². The van der Waals surface area contributed by atoms with Crippen LogP contribution in [-0.2, 0) is 21.4 Å². The number of rotatable bonds is 8. The normalized spacial score (nSPS) is 19.6. The molecule has 1 unspecified atom stereocenters. The SMILES string of the molecule is CC1CCCCN1Cc1ccc(NC(=O)CS(=O)(=O)Nc2ccc(N3CCCCC3)cc2)cc1. The van der Waals surface area contributed by atoms with Crippen LogP contribution < -0.4 is 14.9 Å². The first kappa shape index (κ1) is 24.5. The zero-order valence-electron chi connectivity index (χ0n) is 20.0. The Balaban J connectivity index is 1.27. The highest BCUT2D eigenvalue weighted by atomic mass is 32.2. The van der Waals surface area contributed by atoms with Crippen LogP contribution in [0.2, 0.25) is 0 Å². The fraction of sp³-hybridized carbons (Fsp3) is 0.500. The van der Waals surface area contributed by atoms with E-state index >= 15 is 0 Å². The predicted octanol–water partition coefficient (Wildman–Crippen LogP) is 4.43. The van der Waals surface area contributed by atoms with E-state index in [4.69, 9.17) is 0 Å². The molecule has 34 heavy (non-hydrogen) atoms. The Bertz CT molecular complexity index is 1050. The van der Waals surface area contributed by atoms with Gasteiger partial charge in [-0.3, -0.25) is 14.4 Å². The Kier molecular flexibility index (Phi) is 8.11. The van der Waals surface area contributed by atoms with E-state index in [1.165, 1.54) is 44.1 Å². The molecular weight excluding hydrogens is 448 g/mol. The standard InChI is InChI=1S/C26H36N4O3S/c1-21-7-3-6-18-30(21)19-22-8-10-23(11-9-22)27-26(31)20-34(32,33)28-24-12-14-25(15-13-24)29-16-4-2-5-17-29/h8-15,21,28H,2-7,16-20H2,1H3,(H,27,31). The van der Waals surface area contributed by atoms with Gasteiger partial charge in [0.2, 0.25) is 15.9 Å². The van der Waals surface area contributed by atoms with Crippen LogP contribution in [0, 0.1) is 0 Å². The van der Waals surface area contributed by atoms with Gasteiger partial charge in [0, 0.05) is 42.7 Å². The molecule has 0 bridgehead atoms. The molecule has 2 aliphatic rings. The summed E-state index contributed by atoms with van der Waals surface area (Å²) in [5, 5.41) is 2.70. The minimum absolute atomic E-state index is 0.463. The van der Waals surface area contributed by atoms with Crippen molar-refractivity contribution >= 4 is 33.0 Å². The van der Waals surface area contributed by atoms with E-state index < -0.39 is 21.7 Å². The second-order valence-corrected chi connectivity index (χ2v) is 11.2. The molecule has 1 atom stereocenters. The molecule has 2 N–H and O–H groups in total. The zero-order chi connectivity index (χ0) is 24.0. The maximum atomic E-state index is 12.5. The highest BCUT2D eigenvalue weighted by Crippen LogP contribution is 2.23. The average molecular weight is 485 g/mol. The second kappa shape index (κ2) is 11.2. The number of piperidine rings is 2. The minimum atomic E-state index is -3.81. The van der Waals surface area contributed by atoms with Gasteiger partial charge in [-0.1, -0.05) is 18.6 Å². The van der Waals surface area contributed by atoms with Crippen LogP contribution in [-0.4, -0.2) is 50.7 Å². The monoisotopic (exact) mass is 484 g/mol. The molecule has 2 saturated heterocycles. The average Bonchev–Trinajstić information content (AvgIpc) is 2.82. The Morgan fingerprint density at radius 3 is 2.21 bits per heavy atom. The molecule has 2 aliphatic heterocycles. The van der Waals surface area contributed by atoms with E-state index in [2.05, 4.69) is 26.8 Å². The summed E-state index contributed by atoms with van der Waals surface area (Å²) in [4.78, 5) is 17.2. The fourth-order valence-electron chi connectivity index (χ4n) is 4.80. The molecule has 0 aliphatic carbocycles. The number of benzene rings is 2.